The summed E-state index contributed by atoms with van der Waals surface area (Å²) in [5.41, 5.74) is 5.39. The molecule has 1 aliphatic rings. The fraction of sp³-hybridized carbons (Fsp3) is 0.345. The molecule has 1 amide bonds. The minimum Gasteiger partial charge on any atom is -0.322 e. The lowest BCUT2D eigenvalue weighted by atomic mass is 9.72. The summed E-state index contributed by atoms with van der Waals surface area (Å²) in [4.78, 5) is 31.9. The number of hydrogen-bond donors (Lipinski definition) is 1. The van der Waals surface area contributed by atoms with Gasteiger partial charge < -0.3 is 5.32 Å². The second-order valence-electron chi connectivity index (χ2n) is 10.7. The van der Waals surface area contributed by atoms with Crippen LogP contribution in [0.15, 0.2) is 58.3 Å². The number of fused-ring (bicyclic) bond motifs is 2. The third-order valence-corrected chi connectivity index (χ3v) is 8.52. The van der Waals surface area contributed by atoms with Crippen LogP contribution in [-0.2, 0) is 26.9 Å². The second kappa shape index (κ2) is 9.21. The Kier molecular flexibility index (Phi) is 6.20. The van der Waals surface area contributed by atoms with Gasteiger partial charge in [0, 0.05) is 30.9 Å². The van der Waals surface area contributed by atoms with Crippen molar-refractivity contribution in [1.29, 1.82) is 0 Å². The molecule has 0 saturated carbocycles. The van der Waals surface area contributed by atoms with E-state index < -0.39 is 0 Å². The molecule has 0 bridgehead atoms. The molecule has 1 aliphatic carbocycles. The molecule has 2 aromatic carbocycles. The summed E-state index contributed by atoms with van der Waals surface area (Å²) in [6.45, 7) is 6.89. The van der Waals surface area contributed by atoms with Gasteiger partial charge in [-0.05, 0) is 66.0 Å². The molecule has 4 aromatic rings. The highest BCUT2D eigenvalue weighted by atomic mass is 32.1. The van der Waals surface area contributed by atoms with Crippen molar-refractivity contribution < 1.29 is 4.79 Å². The number of aryl methyl sites for hydroxylation is 2. The van der Waals surface area contributed by atoms with Crippen molar-refractivity contribution >= 4 is 45.2 Å². The molecule has 186 valence electrons. The summed E-state index contributed by atoms with van der Waals surface area (Å²) >= 11 is 1.64. The number of anilines is 1. The molecule has 5 rings (SSSR count). The summed E-state index contributed by atoms with van der Waals surface area (Å²) in [6, 6.07) is 15.4. The Morgan fingerprint density at radius 3 is 2.53 bits per heavy atom. The first-order valence-electron chi connectivity index (χ1n) is 12.3. The zero-order valence-corrected chi connectivity index (χ0v) is 22.3. The summed E-state index contributed by atoms with van der Waals surface area (Å²) in [7, 11) is 3.55. The smallest absolute Gasteiger partial charge is 0.322 e. The number of imidazole rings is 1. The van der Waals surface area contributed by atoms with Gasteiger partial charge in [-0.1, -0.05) is 45.0 Å². The molecule has 0 fully saturated rings. The summed E-state index contributed by atoms with van der Waals surface area (Å²) in [5.74, 6) is 0.466. The van der Waals surface area contributed by atoms with E-state index >= 15 is 0 Å². The third-order valence-electron chi connectivity index (χ3n) is 7.36. The number of aromatic nitrogens is 2. The molecule has 2 heterocycles. The van der Waals surface area contributed by atoms with Gasteiger partial charge in [-0.15, -0.1) is 11.3 Å². The maximum Gasteiger partial charge on any atom is 0.328 e. The van der Waals surface area contributed by atoms with Crippen LogP contribution in [0.4, 0.5) is 10.7 Å². The Morgan fingerprint density at radius 2 is 1.81 bits per heavy atom. The van der Waals surface area contributed by atoms with Gasteiger partial charge in [-0.3, -0.25) is 13.9 Å². The highest BCUT2D eigenvalue weighted by Crippen LogP contribution is 2.45. The Balaban J connectivity index is 1.53. The lowest BCUT2D eigenvalue weighted by molar-refractivity contribution is 0.102. The van der Waals surface area contributed by atoms with Gasteiger partial charge >= 0.3 is 5.69 Å². The highest BCUT2D eigenvalue weighted by Gasteiger charge is 2.33. The first-order valence-corrected chi connectivity index (χ1v) is 13.2. The predicted octanol–water partition coefficient (Wildman–Crippen LogP) is 6.09. The average Bonchev–Trinajstić information content (AvgIpc) is 3.33. The molecule has 0 unspecified atom stereocenters. The fourth-order valence-corrected chi connectivity index (χ4v) is 6.36. The molecule has 0 aliphatic heterocycles. The van der Waals surface area contributed by atoms with E-state index in [0.29, 0.717) is 11.5 Å². The number of carbonyl (C=O) groups is 1. The van der Waals surface area contributed by atoms with Crippen molar-refractivity contribution in [2.24, 2.45) is 30.4 Å². The van der Waals surface area contributed by atoms with Crippen LogP contribution < -0.4 is 11.0 Å². The molecular formula is C29H32N4O2S. The number of nitrogens with zero attached hydrogens (tertiary/aromatic N) is 3. The van der Waals surface area contributed by atoms with Crippen LogP contribution in [0.5, 0.6) is 0 Å². The van der Waals surface area contributed by atoms with E-state index in [-0.39, 0.29) is 17.0 Å². The van der Waals surface area contributed by atoms with Crippen LogP contribution in [0.1, 0.15) is 53.6 Å². The average molecular weight is 501 g/mol. The zero-order chi connectivity index (χ0) is 25.6. The number of nitrogens with one attached hydrogen (secondary N) is 1. The number of hydrogen-bond acceptors (Lipinski definition) is 4. The van der Waals surface area contributed by atoms with Crippen molar-refractivity contribution in [1.82, 2.24) is 9.13 Å². The van der Waals surface area contributed by atoms with Crippen molar-refractivity contribution in [3.8, 4) is 0 Å². The van der Waals surface area contributed by atoms with Crippen LogP contribution in [0.25, 0.3) is 11.0 Å². The third kappa shape index (κ3) is 4.44. The number of aliphatic imine (C=N–C) groups is 1. The molecule has 1 N–H and O–H groups in total. The molecule has 36 heavy (non-hydrogen) atoms. The number of rotatable bonds is 4. The highest BCUT2D eigenvalue weighted by molar-refractivity contribution is 7.16. The van der Waals surface area contributed by atoms with E-state index in [2.05, 4.69) is 26.1 Å². The van der Waals surface area contributed by atoms with Crippen LogP contribution >= 0.6 is 11.3 Å². The Morgan fingerprint density at radius 1 is 1.08 bits per heavy atom. The van der Waals surface area contributed by atoms with Crippen LogP contribution in [0.2, 0.25) is 0 Å². The van der Waals surface area contributed by atoms with Crippen molar-refractivity contribution in [3.63, 3.8) is 0 Å². The molecule has 6 nitrogen and oxygen atoms in total. The number of benzene rings is 2. The zero-order valence-electron chi connectivity index (χ0n) is 21.5. The summed E-state index contributed by atoms with van der Waals surface area (Å²) < 4.78 is 3.28. The first-order chi connectivity index (χ1) is 17.1. The van der Waals surface area contributed by atoms with Gasteiger partial charge in [0.25, 0.3) is 5.91 Å². The largest absolute Gasteiger partial charge is 0.328 e. The second-order valence-corrected chi connectivity index (χ2v) is 11.8. The van der Waals surface area contributed by atoms with Crippen molar-refractivity contribution in [3.05, 3.63) is 80.6 Å². The molecule has 2 aromatic heterocycles. The van der Waals surface area contributed by atoms with Gasteiger partial charge in [0.15, 0.2) is 0 Å². The van der Waals surface area contributed by atoms with Crippen LogP contribution in [0.3, 0.4) is 0 Å². The van der Waals surface area contributed by atoms with Crippen LogP contribution in [0, 0.1) is 11.3 Å². The van der Waals surface area contributed by atoms with Gasteiger partial charge in [0.1, 0.15) is 5.00 Å². The van der Waals surface area contributed by atoms with E-state index in [1.807, 2.05) is 48.5 Å². The number of amides is 1. The van der Waals surface area contributed by atoms with Crippen molar-refractivity contribution in [2.45, 2.75) is 40.0 Å². The van der Waals surface area contributed by atoms with Gasteiger partial charge in [-0.25, -0.2) is 9.79 Å². The number of para-hydroxylation sites is 1. The Labute approximate surface area is 215 Å². The van der Waals surface area contributed by atoms with E-state index in [0.717, 1.165) is 52.1 Å². The minimum atomic E-state index is -0.110. The van der Waals surface area contributed by atoms with Crippen LogP contribution in [-0.4, -0.2) is 21.3 Å². The number of thiophene rings is 1. The number of carbonyl (C=O) groups excluding carboxylic acids is 1. The topological polar surface area (TPSA) is 68.4 Å². The Hall–Kier alpha value is -3.45. The molecule has 1 atom stereocenters. The van der Waals surface area contributed by atoms with E-state index in [9.17, 15) is 9.59 Å². The SMILES string of the molecule is Cn1c(=O)n(C)c2cc(C=Nc3sc4c(c3C(=O)Nc3ccccc3)CC[C@H](C(C)(C)C)C4)ccc21. The standard InChI is InChI=1S/C29H32N4O2S/c1-29(2,3)19-12-13-21-24(16-19)36-27(25(21)26(34)31-20-9-7-6-8-10-20)30-17-18-11-14-22-23(15-18)33(5)28(35)32(22)4/h6-11,14-15,17,19H,12-13,16H2,1-5H3,(H,31,34)/t19-/m0/s1. The molecular weight excluding hydrogens is 468 g/mol. The van der Waals surface area contributed by atoms with Gasteiger partial charge in [0.2, 0.25) is 0 Å². The first kappa shape index (κ1) is 24.3. The van der Waals surface area contributed by atoms with Gasteiger partial charge in [0.05, 0.1) is 16.6 Å². The molecule has 0 radical (unpaired) electrons. The molecule has 0 spiro atoms. The Bertz CT molecular complexity index is 1530. The minimum absolute atomic E-state index is 0.0571. The molecule has 0 saturated heterocycles. The lowest BCUT2D eigenvalue weighted by Crippen LogP contribution is -2.27. The quantitative estimate of drug-likeness (QED) is 0.345. The molecule has 7 heteroatoms. The predicted molar refractivity (Wildman–Crippen MR) is 149 cm³/mol. The van der Waals surface area contributed by atoms with E-state index in [1.54, 1.807) is 40.8 Å². The lowest BCUT2D eigenvalue weighted by Gasteiger charge is -2.33. The summed E-state index contributed by atoms with van der Waals surface area (Å²) in [5, 5.41) is 3.81. The maximum atomic E-state index is 13.5. The normalized spacial score (nSPS) is 16.0. The monoisotopic (exact) mass is 500 g/mol. The fourth-order valence-electron chi connectivity index (χ4n) is 5.09. The van der Waals surface area contributed by atoms with Crippen molar-refractivity contribution in [2.75, 3.05) is 5.32 Å². The van der Waals surface area contributed by atoms with E-state index in [4.69, 9.17) is 4.99 Å². The maximum absolute atomic E-state index is 13.5. The van der Waals surface area contributed by atoms with E-state index in [1.165, 1.54) is 4.88 Å². The summed E-state index contributed by atoms with van der Waals surface area (Å²) in [6.07, 6.45) is 4.73. The van der Waals surface area contributed by atoms with Gasteiger partial charge in [-0.2, -0.15) is 0 Å².